The zero-order valence-electron chi connectivity index (χ0n) is 9.64. The Morgan fingerprint density at radius 2 is 2.06 bits per heavy atom. The zero-order valence-corrected chi connectivity index (χ0v) is 11.2. The van der Waals surface area contributed by atoms with Crippen LogP contribution in [0.4, 0.5) is 0 Å². The predicted octanol–water partition coefficient (Wildman–Crippen LogP) is 3.05. The van der Waals surface area contributed by atoms with Crippen LogP contribution in [0, 0.1) is 0 Å². The van der Waals surface area contributed by atoms with Gasteiger partial charge in [-0.3, -0.25) is 0 Å². The summed E-state index contributed by atoms with van der Waals surface area (Å²) < 4.78 is 3.25. The van der Waals surface area contributed by atoms with Gasteiger partial charge < -0.3 is 10.3 Å². The molecular weight excluding hydrogens is 278 g/mol. The number of aryl methyl sites for hydroxylation is 1. The van der Waals surface area contributed by atoms with Crippen molar-refractivity contribution in [2.24, 2.45) is 5.73 Å². The Hall–Kier alpha value is -1.13. The van der Waals surface area contributed by atoms with Crippen LogP contribution in [0.2, 0.25) is 0 Å². The minimum atomic E-state index is 0.749. The van der Waals surface area contributed by atoms with Crippen molar-refractivity contribution in [3.63, 3.8) is 0 Å². The second-order valence-electron chi connectivity index (χ2n) is 3.92. The quantitative estimate of drug-likeness (QED) is 0.861. The molecule has 0 radical (unpaired) electrons. The third kappa shape index (κ3) is 2.96. The highest BCUT2D eigenvalue weighted by atomic mass is 79.9. The van der Waals surface area contributed by atoms with Crippen LogP contribution < -0.4 is 5.73 Å². The first kappa shape index (κ1) is 12.3. The molecule has 0 spiro atoms. The van der Waals surface area contributed by atoms with Crippen LogP contribution >= 0.6 is 15.9 Å². The minimum Gasteiger partial charge on any atom is -0.331 e. The second-order valence-corrected chi connectivity index (χ2v) is 4.77. The molecule has 0 aliphatic rings. The van der Waals surface area contributed by atoms with Gasteiger partial charge in [-0.2, -0.15) is 0 Å². The van der Waals surface area contributed by atoms with E-state index in [-0.39, 0.29) is 0 Å². The summed E-state index contributed by atoms with van der Waals surface area (Å²) in [5.74, 6) is 1.01. The van der Waals surface area contributed by atoms with E-state index in [1.165, 1.54) is 0 Å². The SMILES string of the molecule is NCCCCn1ccnc1-c1ccccc1Br. The Bertz CT molecular complexity index is 479. The van der Waals surface area contributed by atoms with Crippen LogP contribution in [-0.2, 0) is 6.54 Å². The van der Waals surface area contributed by atoms with Gasteiger partial charge in [-0.25, -0.2) is 4.98 Å². The summed E-state index contributed by atoms with van der Waals surface area (Å²) in [5.41, 5.74) is 6.64. The van der Waals surface area contributed by atoms with Crippen molar-refractivity contribution >= 4 is 15.9 Å². The predicted molar refractivity (Wildman–Crippen MR) is 73.7 cm³/mol. The molecule has 0 atom stereocenters. The maximum absolute atomic E-state index is 5.51. The maximum atomic E-state index is 5.51. The number of hydrogen-bond donors (Lipinski definition) is 1. The fourth-order valence-electron chi connectivity index (χ4n) is 1.80. The van der Waals surface area contributed by atoms with E-state index in [0.717, 1.165) is 41.8 Å². The molecule has 90 valence electrons. The second kappa shape index (κ2) is 5.98. The highest BCUT2D eigenvalue weighted by Crippen LogP contribution is 2.26. The van der Waals surface area contributed by atoms with Gasteiger partial charge in [-0.1, -0.05) is 34.1 Å². The largest absolute Gasteiger partial charge is 0.331 e. The molecule has 0 bridgehead atoms. The van der Waals surface area contributed by atoms with Crippen LogP contribution in [0.25, 0.3) is 11.4 Å². The van der Waals surface area contributed by atoms with Crippen molar-refractivity contribution in [1.82, 2.24) is 9.55 Å². The number of nitrogens with zero attached hydrogens (tertiary/aromatic N) is 2. The van der Waals surface area contributed by atoms with Crippen LogP contribution in [0.3, 0.4) is 0 Å². The van der Waals surface area contributed by atoms with Gasteiger partial charge in [-0.05, 0) is 25.5 Å². The number of unbranched alkanes of at least 4 members (excludes halogenated alkanes) is 1. The number of imidazole rings is 1. The molecule has 1 aromatic carbocycles. The van der Waals surface area contributed by atoms with Gasteiger partial charge in [0.1, 0.15) is 5.82 Å². The van der Waals surface area contributed by atoms with Gasteiger partial charge >= 0.3 is 0 Å². The smallest absolute Gasteiger partial charge is 0.141 e. The van der Waals surface area contributed by atoms with Crippen molar-refractivity contribution in [3.05, 3.63) is 41.1 Å². The molecule has 1 aromatic heterocycles. The van der Waals surface area contributed by atoms with Crippen molar-refractivity contribution in [1.29, 1.82) is 0 Å². The third-order valence-electron chi connectivity index (χ3n) is 2.68. The highest BCUT2D eigenvalue weighted by Gasteiger charge is 2.08. The van der Waals surface area contributed by atoms with E-state index in [4.69, 9.17) is 5.73 Å². The van der Waals surface area contributed by atoms with Gasteiger partial charge in [0.25, 0.3) is 0 Å². The molecule has 0 amide bonds. The monoisotopic (exact) mass is 293 g/mol. The van der Waals surface area contributed by atoms with E-state index >= 15 is 0 Å². The van der Waals surface area contributed by atoms with Crippen LogP contribution in [0.5, 0.6) is 0 Å². The first-order chi connectivity index (χ1) is 8.33. The van der Waals surface area contributed by atoms with Crippen molar-refractivity contribution in [2.75, 3.05) is 6.54 Å². The third-order valence-corrected chi connectivity index (χ3v) is 3.37. The van der Waals surface area contributed by atoms with Crippen LogP contribution in [0.1, 0.15) is 12.8 Å². The number of nitrogens with two attached hydrogens (primary N) is 1. The Morgan fingerprint density at radius 1 is 1.24 bits per heavy atom. The summed E-state index contributed by atoms with van der Waals surface area (Å²) in [4.78, 5) is 4.43. The first-order valence-corrected chi connectivity index (χ1v) is 6.58. The van der Waals surface area contributed by atoms with Crippen molar-refractivity contribution in [3.8, 4) is 11.4 Å². The molecule has 0 saturated carbocycles. The maximum Gasteiger partial charge on any atom is 0.141 e. The fraction of sp³-hybridized carbons (Fsp3) is 0.308. The van der Waals surface area contributed by atoms with E-state index in [1.807, 2.05) is 30.6 Å². The van der Waals surface area contributed by atoms with E-state index in [2.05, 4.69) is 31.5 Å². The summed E-state index contributed by atoms with van der Waals surface area (Å²) in [6.07, 6.45) is 6.00. The zero-order chi connectivity index (χ0) is 12.1. The summed E-state index contributed by atoms with van der Waals surface area (Å²) >= 11 is 3.56. The molecule has 4 heteroatoms. The lowest BCUT2D eigenvalue weighted by molar-refractivity contribution is 0.619. The molecule has 2 N–H and O–H groups in total. The summed E-state index contributed by atoms with van der Waals surface area (Å²) in [6, 6.07) is 8.15. The average molecular weight is 294 g/mol. The lowest BCUT2D eigenvalue weighted by Gasteiger charge is -2.08. The minimum absolute atomic E-state index is 0.749. The van der Waals surface area contributed by atoms with E-state index in [1.54, 1.807) is 0 Å². The Labute approximate surface area is 110 Å². The number of halogens is 1. The Kier molecular flexibility index (Phi) is 4.34. The topological polar surface area (TPSA) is 43.8 Å². The van der Waals surface area contributed by atoms with E-state index < -0.39 is 0 Å². The number of aromatic nitrogens is 2. The highest BCUT2D eigenvalue weighted by molar-refractivity contribution is 9.10. The molecule has 0 fully saturated rings. The van der Waals surface area contributed by atoms with Crippen molar-refractivity contribution < 1.29 is 0 Å². The van der Waals surface area contributed by atoms with Gasteiger partial charge in [0.05, 0.1) is 0 Å². The molecule has 2 aromatic rings. The van der Waals surface area contributed by atoms with Gasteiger partial charge in [-0.15, -0.1) is 0 Å². The molecule has 2 rings (SSSR count). The lowest BCUT2D eigenvalue weighted by Crippen LogP contribution is -2.04. The first-order valence-electron chi connectivity index (χ1n) is 5.79. The molecule has 17 heavy (non-hydrogen) atoms. The fourth-order valence-corrected chi connectivity index (χ4v) is 2.26. The standard InChI is InChI=1S/C13H16BrN3/c14-12-6-2-1-5-11(12)13-16-8-10-17(13)9-4-3-7-15/h1-2,5-6,8,10H,3-4,7,9,15H2. The van der Waals surface area contributed by atoms with Crippen LogP contribution in [0.15, 0.2) is 41.1 Å². The summed E-state index contributed by atoms with van der Waals surface area (Å²) in [7, 11) is 0. The van der Waals surface area contributed by atoms with E-state index in [0.29, 0.717) is 0 Å². The normalized spacial score (nSPS) is 10.7. The molecule has 1 heterocycles. The molecule has 0 aliphatic heterocycles. The number of rotatable bonds is 5. The number of benzene rings is 1. The van der Waals surface area contributed by atoms with Crippen molar-refractivity contribution in [2.45, 2.75) is 19.4 Å². The molecule has 0 aliphatic carbocycles. The van der Waals surface area contributed by atoms with Gasteiger partial charge in [0, 0.05) is 29.0 Å². The van der Waals surface area contributed by atoms with Gasteiger partial charge in [0.15, 0.2) is 0 Å². The Morgan fingerprint density at radius 3 is 2.82 bits per heavy atom. The average Bonchev–Trinajstić information content (AvgIpc) is 2.78. The summed E-state index contributed by atoms with van der Waals surface area (Å²) in [5, 5.41) is 0. The lowest BCUT2D eigenvalue weighted by atomic mass is 10.2. The Balaban J connectivity index is 2.22. The van der Waals surface area contributed by atoms with E-state index in [9.17, 15) is 0 Å². The summed E-state index contributed by atoms with van der Waals surface area (Å²) in [6.45, 7) is 1.72. The van der Waals surface area contributed by atoms with Gasteiger partial charge in [0.2, 0.25) is 0 Å². The molecule has 0 unspecified atom stereocenters. The molecule has 3 nitrogen and oxygen atoms in total. The number of hydrogen-bond acceptors (Lipinski definition) is 2. The molecule has 0 saturated heterocycles. The van der Waals surface area contributed by atoms with Crippen LogP contribution in [-0.4, -0.2) is 16.1 Å². The molecular formula is C13H16BrN3.